The van der Waals surface area contributed by atoms with Gasteiger partial charge in [0.1, 0.15) is 11.3 Å². The van der Waals surface area contributed by atoms with Gasteiger partial charge in [0.05, 0.1) is 0 Å². The van der Waals surface area contributed by atoms with Gasteiger partial charge >= 0.3 is 0 Å². The predicted molar refractivity (Wildman–Crippen MR) is 131 cm³/mol. The molecule has 3 nitrogen and oxygen atoms in total. The van der Waals surface area contributed by atoms with Gasteiger partial charge in [-0.25, -0.2) is 0 Å². The van der Waals surface area contributed by atoms with Crippen molar-refractivity contribution in [2.24, 2.45) is 11.8 Å². The molecule has 0 radical (unpaired) electrons. The molecule has 172 valence electrons. The van der Waals surface area contributed by atoms with Crippen molar-refractivity contribution >= 4 is 11.0 Å². The maximum atomic E-state index is 7.00. The Morgan fingerprint density at radius 1 is 1.07 bits per heavy atom. The van der Waals surface area contributed by atoms with Gasteiger partial charge in [-0.3, -0.25) is 4.90 Å². The number of rotatable bonds is 2. The first-order valence-electron chi connectivity index (χ1n) is 12.2. The second-order valence-corrected chi connectivity index (χ2v) is 8.87. The Morgan fingerprint density at radius 3 is 2.23 bits per heavy atom. The molecule has 1 N–H and O–H groups in total. The van der Waals surface area contributed by atoms with Crippen LogP contribution in [0.1, 0.15) is 91.9 Å². The van der Waals surface area contributed by atoms with Crippen molar-refractivity contribution in [3.05, 3.63) is 35.6 Å². The van der Waals surface area contributed by atoms with Crippen molar-refractivity contribution in [3.8, 4) is 0 Å². The molecule has 4 rings (SSSR count). The summed E-state index contributed by atoms with van der Waals surface area (Å²) < 4.78 is 6.41. The molecule has 1 saturated heterocycles. The fraction of sp³-hybridized carbons (Fsp3) is 0.704. The number of hydrogen-bond donors (Lipinski definition) is 1. The molecule has 5 atom stereocenters. The molecule has 2 aliphatic rings. The van der Waals surface area contributed by atoms with Crippen molar-refractivity contribution in [3.63, 3.8) is 0 Å². The summed E-state index contributed by atoms with van der Waals surface area (Å²) >= 11 is 0. The van der Waals surface area contributed by atoms with Crippen LogP contribution in [0, 0.1) is 11.8 Å². The lowest BCUT2D eigenvalue weighted by molar-refractivity contribution is 0.0333. The summed E-state index contributed by atoms with van der Waals surface area (Å²) in [5.41, 5.74) is 2.56. The van der Waals surface area contributed by atoms with Crippen LogP contribution in [0.2, 0.25) is 0 Å². The van der Waals surface area contributed by atoms with E-state index < -0.39 is 0 Å². The summed E-state index contributed by atoms with van der Waals surface area (Å²) in [6.07, 6.45) is 5.03. The van der Waals surface area contributed by atoms with E-state index in [4.69, 9.17) is 9.52 Å². The fourth-order valence-electron chi connectivity index (χ4n) is 4.98. The van der Waals surface area contributed by atoms with E-state index in [1.807, 2.05) is 13.8 Å². The van der Waals surface area contributed by atoms with E-state index in [9.17, 15) is 0 Å². The Labute approximate surface area is 185 Å². The number of aliphatic hydroxyl groups excluding tert-OH is 1. The van der Waals surface area contributed by atoms with Crippen LogP contribution in [0.15, 0.2) is 28.7 Å². The molecule has 1 aromatic heterocycles. The summed E-state index contributed by atoms with van der Waals surface area (Å²) in [5.74, 6) is 3.26. The maximum absolute atomic E-state index is 7.00. The number of fused-ring (bicyclic) bond motifs is 6. The fourth-order valence-corrected chi connectivity index (χ4v) is 4.98. The second-order valence-electron chi connectivity index (χ2n) is 8.87. The zero-order valence-electron chi connectivity index (χ0n) is 21.0. The Bertz CT molecular complexity index is 719. The lowest BCUT2D eigenvalue weighted by Gasteiger charge is -2.46. The molecule has 2 bridgehead atoms. The molecular weight excluding hydrogens is 370 g/mol. The zero-order valence-corrected chi connectivity index (χ0v) is 21.0. The van der Waals surface area contributed by atoms with Gasteiger partial charge < -0.3 is 9.52 Å². The van der Waals surface area contributed by atoms with Gasteiger partial charge in [-0.05, 0) is 37.7 Å². The molecule has 0 aliphatic carbocycles. The van der Waals surface area contributed by atoms with E-state index in [1.54, 1.807) is 0 Å². The van der Waals surface area contributed by atoms with Gasteiger partial charge in [-0.15, -0.1) is 0 Å². The highest BCUT2D eigenvalue weighted by Gasteiger charge is 2.44. The summed E-state index contributed by atoms with van der Waals surface area (Å²) in [6.45, 7) is 19.2. The van der Waals surface area contributed by atoms with Crippen LogP contribution in [0.4, 0.5) is 0 Å². The lowest BCUT2D eigenvalue weighted by Crippen LogP contribution is -2.52. The molecule has 0 spiro atoms. The average Bonchev–Trinajstić information content (AvgIpc) is 3.11. The first-order valence-corrected chi connectivity index (χ1v) is 12.2. The number of hydrogen-bond acceptors (Lipinski definition) is 3. The number of para-hydroxylation sites is 1. The van der Waals surface area contributed by atoms with Gasteiger partial charge in [0, 0.05) is 42.6 Å². The van der Waals surface area contributed by atoms with E-state index in [0.29, 0.717) is 23.9 Å². The predicted octanol–water partition coefficient (Wildman–Crippen LogP) is 7.27. The third-order valence-corrected chi connectivity index (χ3v) is 6.29. The van der Waals surface area contributed by atoms with E-state index in [1.165, 1.54) is 42.5 Å². The van der Waals surface area contributed by atoms with Crippen LogP contribution < -0.4 is 0 Å². The van der Waals surface area contributed by atoms with Crippen LogP contribution in [0.5, 0.6) is 0 Å². The largest absolute Gasteiger partial charge is 0.460 e. The summed E-state index contributed by atoms with van der Waals surface area (Å²) in [7, 11) is 1.00. The molecule has 5 unspecified atom stereocenters. The first kappa shape index (κ1) is 26.7. The Hall–Kier alpha value is -1.32. The number of nitrogens with zero attached hydrogens (tertiary/aromatic N) is 1. The van der Waals surface area contributed by atoms with Crippen molar-refractivity contribution in [2.45, 2.75) is 99.1 Å². The minimum absolute atomic E-state index is 0.552. The van der Waals surface area contributed by atoms with Gasteiger partial charge in [-0.1, -0.05) is 79.5 Å². The zero-order chi connectivity index (χ0) is 22.8. The molecule has 2 aliphatic heterocycles. The van der Waals surface area contributed by atoms with Crippen LogP contribution in [0.3, 0.4) is 0 Å². The summed E-state index contributed by atoms with van der Waals surface area (Å²) in [4.78, 5) is 2.77. The maximum Gasteiger partial charge on any atom is 0.134 e. The monoisotopic (exact) mass is 417 g/mol. The Balaban J connectivity index is 0.000000497. The number of unbranched alkanes of at least 4 members (excludes halogenated alkanes) is 1. The molecule has 30 heavy (non-hydrogen) atoms. The smallest absolute Gasteiger partial charge is 0.134 e. The van der Waals surface area contributed by atoms with Gasteiger partial charge in [-0.2, -0.15) is 0 Å². The van der Waals surface area contributed by atoms with Crippen molar-refractivity contribution in [1.82, 2.24) is 4.90 Å². The molecule has 3 heteroatoms. The Kier molecular flexibility index (Phi) is 11.7. The van der Waals surface area contributed by atoms with E-state index in [2.05, 4.69) is 70.7 Å². The highest BCUT2D eigenvalue weighted by molar-refractivity contribution is 5.82. The molecule has 1 aromatic carbocycles. The molecule has 0 amide bonds. The molecule has 0 saturated carbocycles. The van der Waals surface area contributed by atoms with Crippen LogP contribution >= 0.6 is 0 Å². The van der Waals surface area contributed by atoms with E-state index in [0.717, 1.165) is 25.0 Å². The summed E-state index contributed by atoms with van der Waals surface area (Å²) in [6, 6.07) is 9.81. The van der Waals surface area contributed by atoms with Gasteiger partial charge in [0.2, 0.25) is 0 Å². The minimum Gasteiger partial charge on any atom is -0.460 e. The van der Waals surface area contributed by atoms with Gasteiger partial charge in [0.25, 0.3) is 0 Å². The van der Waals surface area contributed by atoms with Crippen LogP contribution in [0.25, 0.3) is 11.0 Å². The molecular formula is C27H47NO2. The Morgan fingerprint density at radius 2 is 1.67 bits per heavy atom. The standard InChI is InChI=1S/C20H27NO.C4H10.C2H6.CH4O/c1-12(2)19-17-9-13(3)11-21(19)14(4)10-16-15-7-5-6-8-18(15)22-20(16)17;1-3-4-2;2*1-2/h5-8,12-14,17,19H,9-11H2,1-4H3;3-4H2,1-2H3;1-2H3;2H,1H3. The highest BCUT2D eigenvalue weighted by atomic mass is 16.3. The summed E-state index contributed by atoms with van der Waals surface area (Å²) in [5, 5.41) is 8.34. The van der Waals surface area contributed by atoms with E-state index >= 15 is 0 Å². The molecule has 3 heterocycles. The molecule has 2 aromatic rings. The van der Waals surface area contributed by atoms with Crippen molar-refractivity contribution in [2.75, 3.05) is 13.7 Å². The van der Waals surface area contributed by atoms with Crippen molar-refractivity contribution < 1.29 is 9.52 Å². The van der Waals surface area contributed by atoms with Crippen molar-refractivity contribution in [1.29, 1.82) is 0 Å². The SMILES string of the molecule is CC.CC1CC2c3oc4ccccc4c3CC(C)N(C1)C2C(C)C.CCCC.CO. The van der Waals surface area contributed by atoms with E-state index in [-0.39, 0.29) is 0 Å². The highest BCUT2D eigenvalue weighted by Crippen LogP contribution is 2.46. The first-order chi connectivity index (χ1) is 14.5. The van der Waals surface area contributed by atoms with Crippen LogP contribution in [-0.4, -0.2) is 35.7 Å². The quantitative estimate of drug-likeness (QED) is 0.558. The minimum atomic E-state index is 0.552. The van der Waals surface area contributed by atoms with Crippen LogP contribution in [-0.2, 0) is 6.42 Å². The number of furan rings is 1. The van der Waals surface area contributed by atoms with Gasteiger partial charge in [0.15, 0.2) is 0 Å². The normalized spacial score (nSPS) is 26.8. The number of aliphatic hydroxyl groups is 1. The number of piperidine rings is 1. The third kappa shape index (κ3) is 5.88. The average molecular weight is 418 g/mol. The molecule has 1 fully saturated rings. The third-order valence-electron chi connectivity index (χ3n) is 6.29. The lowest BCUT2D eigenvalue weighted by atomic mass is 9.77. The number of benzene rings is 1. The topological polar surface area (TPSA) is 36.6 Å². The second kappa shape index (κ2) is 13.2.